The number of hydrogen-bond acceptors (Lipinski definition) is 3. The van der Waals surface area contributed by atoms with E-state index in [1.807, 2.05) is 55.5 Å². The smallest absolute Gasteiger partial charge is 0.228 e. The van der Waals surface area contributed by atoms with Gasteiger partial charge >= 0.3 is 0 Å². The molecule has 0 aromatic heterocycles. The van der Waals surface area contributed by atoms with E-state index < -0.39 is 0 Å². The Balaban J connectivity index is 1.47. The monoisotopic (exact) mass is 379 g/mol. The van der Waals surface area contributed by atoms with Gasteiger partial charge in [0.25, 0.3) is 0 Å². The van der Waals surface area contributed by atoms with Crippen LogP contribution in [0.3, 0.4) is 0 Å². The van der Waals surface area contributed by atoms with Crippen molar-refractivity contribution in [3.63, 3.8) is 0 Å². The second-order valence-corrected chi connectivity index (χ2v) is 7.36. The van der Waals surface area contributed by atoms with E-state index in [0.29, 0.717) is 13.0 Å². The zero-order chi connectivity index (χ0) is 20.1. The molecule has 2 atom stereocenters. The molecule has 2 N–H and O–H groups in total. The summed E-state index contributed by atoms with van der Waals surface area (Å²) in [6.07, 6.45) is 0.614. The van der Waals surface area contributed by atoms with Crippen molar-refractivity contribution in [2.75, 3.05) is 23.3 Å². The second kappa shape index (κ2) is 8.91. The van der Waals surface area contributed by atoms with Gasteiger partial charge in [-0.3, -0.25) is 9.59 Å². The van der Waals surface area contributed by atoms with Crippen LogP contribution in [0.5, 0.6) is 0 Å². The van der Waals surface area contributed by atoms with Crippen LogP contribution in [0.25, 0.3) is 0 Å². The maximum Gasteiger partial charge on any atom is 0.228 e. The van der Waals surface area contributed by atoms with Gasteiger partial charge in [-0.05, 0) is 57.0 Å². The van der Waals surface area contributed by atoms with Gasteiger partial charge < -0.3 is 15.5 Å². The number of benzene rings is 2. The molecule has 1 fully saturated rings. The fourth-order valence-electron chi connectivity index (χ4n) is 3.38. The fourth-order valence-corrected chi connectivity index (χ4v) is 3.38. The Morgan fingerprint density at radius 1 is 0.929 bits per heavy atom. The predicted octanol–water partition coefficient (Wildman–Crippen LogP) is 3.73. The lowest BCUT2D eigenvalue weighted by Gasteiger charge is -2.21. The molecule has 0 aliphatic heterocycles. The van der Waals surface area contributed by atoms with Crippen LogP contribution < -0.4 is 15.5 Å². The molecule has 2 aromatic carbocycles. The quantitative estimate of drug-likeness (QED) is 0.735. The molecule has 2 amide bonds. The predicted molar refractivity (Wildman–Crippen MR) is 113 cm³/mol. The van der Waals surface area contributed by atoms with Gasteiger partial charge in [0.2, 0.25) is 11.8 Å². The number of amides is 2. The van der Waals surface area contributed by atoms with Crippen LogP contribution in [-0.4, -0.2) is 24.9 Å². The van der Waals surface area contributed by atoms with E-state index in [1.165, 1.54) is 5.56 Å². The second-order valence-electron chi connectivity index (χ2n) is 7.36. The molecule has 5 heteroatoms. The molecule has 2 unspecified atom stereocenters. The lowest BCUT2D eigenvalue weighted by Crippen LogP contribution is -2.27. The third-order valence-corrected chi connectivity index (χ3v) is 5.31. The Bertz CT molecular complexity index is 811. The largest absolute Gasteiger partial charge is 0.372 e. The lowest BCUT2D eigenvalue weighted by molar-refractivity contribution is -0.125. The molecular formula is C23H29N3O2. The van der Waals surface area contributed by atoms with E-state index in [-0.39, 0.29) is 23.7 Å². The normalized spacial score (nSPS) is 17.7. The van der Waals surface area contributed by atoms with E-state index in [0.717, 1.165) is 30.0 Å². The first-order valence-corrected chi connectivity index (χ1v) is 10.0. The molecule has 0 saturated heterocycles. The molecule has 148 valence electrons. The Labute approximate surface area is 167 Å². The van der Waals surface area contributed by atoms with Crippen LogP contribution in [0, 0.1) is 18.8 Å². The van der Waals surface area contributed by atoms with Crippen LogP contribution in [0.2, 0.25) is 0 Å². The highest BCUT2D eigenvalue weighted by Gasteiger charge is 2.47. The zero-order valence-electron chi connectivity index (χ0n) is 16.9. The van der Waals surface area contributed by atoms with Crippen molar-refractivity contribution in [1.82, 2.24) is 5.32 Å². The minimum Gasteiger partial charge on any atom is -0.372 e. The van der Waals surface area contributed by atoms with Crippen molar-refractivity contribution in [3.05, 3.63) is 59.7 Å². The molecule has 1 aliphatic carbocycles. The first-order chi connectivity index (χ1) is 13.5. The van der Waals surface area contributed by atoms with Gasteiger partial charge in [0.15, 0.2) is 0 Å². The summed E-state index contributed by atoms with van der Waals surface area (Å²) in [5.41, 5.74) is 4.17. The Morgan fingerprint density at radius 2 is 1.54 bits per heavy atom. The van der Waals surface area contributed by atoms with Gasteiger partial charge in [0, 0.05) is 31.0 Å². The average Bonchev–Trinajstić information content (AvgIpc) is 3.51. The third-order valence-electron chi connectivity index (χ3n) is 5.31. The highest BCUT2D eigenvalue weighted by molar-refractivity contribution is 5.99. The Morgan fingerprint density at radius 3 is 2.14 bits per heavy atom. The van der Waals surface area contributed by atoms with Crippen LogP contribution in [-0.2, 0) is 16.1 Å². The average molecular weight is 380 g/mol. The standard InChI is InChI=1S/C23H29N3O2/c1-4-26(5-2)19-12-10-18(11-13-19)25-23(28)21-14-20(21)22(27)24-15-17-8-6-16(3)7-9-17/h6-13,20-21H,4-5,14-15H2,1-3H3,(H,24,27)(H,25,28). The Kier molecular flexibility index (Phi) is 6.34. The topological polar surface area (TPSA) is 61.4 Å². The molecule has 0 radical (unpaired) electrons. The molecule has 0 spiro atoms. The molecule has 2 aromatic rings. The summed E-state index contributed by atoms with van der Waals surface area (Å²) in [7, 11) is 0. The summed E-state index contributed by atoms with van der Waals surface area (Å²) in [5, 5.41) is 5.87. The highest BCUT2D eigenvalue weighted by Crippen LogP contribution is 2.39. The summed E-state index contributed by atoms with van der Waals surface area (Å²) < 4.78 is 0. The van der Waals surface area contributed by atoms with Crippen LogP contribution in [0.1, 0.15) is 31.4 Å². The number of nitrogens with one attached hydrogen (secondary N) is 2. The van der Waals surface area contributed by atoms with Gasteiger partial charge in [-0.2, -0.15) is 0 Å². The molecule has 1 saturated carbocycles. The number of anilines is 2. The van der Waals surface area contributed by atoms with Crippen LogP contribution in [0.15, 0.2) is 48.5 Å². The number of aryl methyl sites for hydroxylation is 1. The minimum atomic E-state index is -0.236. The van der Waals surface area contributed by atoms with Gasteiger partial charge in [0.1, 0.15) is 0 Å². The number of nitrogens with zero attached hydrogens (tertiary/aromatic N) is 1. The molecule has 3 rings (SSSR count). The van der Waals surface area contributed by atoms with E-state index in [9.17, 15) is 9.59 Å². The van der Waals surface area contributed by atoms with E-state index in [1.54, 1.807) is 0 Å². The molecule has 28 heavy (non-hydrogen) atoms. The van der Waals surface area contributed by atoms with Gasteiger partial charge in [-0.1, -0.05) is 29.8 Å². The summed E-state index contributed by atoms with van der Waals surface area (Å²) in [6.45, 7) is 8.67. The lowest BCUT2D eigenvalue weighted by atomic mass is 10.1. The highest BCUT2D eigenvalue weighted by atomic mass is 16.2. The van der Waals surface area contributed by atoms with Gasteiger partial charge in [-0.25, -0.2) is 0 Å². The SMILES string of the molecule is CCN(CC)c1ccc(NC(=O)C2CC2C(=O)NCc2ccc(C)cc2)cc1. The van der Waals surface area contributed by atoms with Crippen molar-refractivity contribution < 1.29 is 9.59 Å². The van der Waals surface area contributed by atoms with Crippen molar-refractivity contribution in [2.24, 2.45) is 11.8 Å². The number of carbonyl (C=O) groups is 2. The Hall–Kier alpha value is -2.82. The van der Waals surface area contributed by atoms with Crippen molar-refractivity contribution in [2.45, 2.75) is 33.7 Å². The van der Waals surface area contributed by atoms with Gasteiger partial charge in [0.05, 0.1) is 11.8 Å². The minimum absolute atomic E-state index is 0.0439. The van der Waals surface area contributed by atoms with Crippen molar-refractivity contribution in [1.29, 1.82) is 0 Å². The summed E-state index contributed by atoms with van der Waals surface area (Å²) in [5.74, 6) is -0.579. The van der Waals surface area contributed by atoms with Crippen molar-refractivity contribution >= 4 is 23.2 Å². The van der Waals surface area contributed by atoms with E-state index >= 15 is 0 Å². The van der Waals surface area contributed by atoms with Crippen LogP contribution in [0.4, 0.5) is 11.4 Å². The number of carbonyl (C=O) groups excluding carboxylic acids is 2. The maximum absolute atomic E-state index is 12.4. The first kappa shape index (κ1) is 19.9. The number of hydrogen-bond donors (Lipinski definition) is 2. The summed E-state index contributed by atoms with van der Waals surface area (Å²) >= 11 is 0. The third kappa shape index (κ3) is 4.91. The van der Waals surface area contributed by atoms with E-state index in [4.69, 9.17) is 0 Å². The molecule has 0 bridgehead atoms. The molecule has 1 aliphatic rings. The first-order valence-electron chi connectivity index (χ1n) is 10.0. The maximum atomic E-state index is 12.4. The molecule has 5 nitrogen and oxygen atoms in total. The van der Waals surface area contributed by atoms with Crippen LogP contribution >= 0.6 is 0 Å². The molecule has 0 heterocycles. The fraction of sp³-hybridized carbons (Fsp3) is 0.391. The van der Waals surface area contributed by atoms with Crippen molar-refractivity contribution in [3.8, 4) is 0 Å². The van der Waals surface area contributed by atoms with Gasteiger partial charge in [-0.15, -0.1) is 0 Å². The molecular weight excluding hydrogens is 350 g/mol. The number of rotatable bonds is 8. The zero-order valence-corrected chi connectivity index (χ0v) is 16.9. The summed E-state index contributed by atoms with van der Waals surface area (Å²) in [4.78, 5) is 27.0. The summed E-state index contributed by atoms with van der Waals surface area (Å²) in [6, 6.07) is 15.9. The van der Waals surface area contributed by atoms with E-state index in [2.05, 4.69) is 29.4 Å².